The van der Waals surface area contributed by atoms with Crippen molar-refractivity contribution in [1.82, 2.24) is 25.9 Å². The van der Waals surface area contributed by atoms with Crippen molar-refractivity contribution < 1.29 is 4.42 Å². The second-order valence-electron chi connectivity index (χ2n) is 3.38. The lowest BCUT2D eigenvalue weighted by atomic mass is 10.2. The molecule has 0 fully saturated rings. The van der Waals surface area contributed by atoms with Gasteiger partial charge in [0.1, 0.15) is 11.5 Å². The maximum Gasteiger partial charge on any atom is 0.188 e. The lowest BCUT2D eigenvalue weighted by molar-refractivity contribution is 0.413. The van der Waals surface area contributed by atoms with Gasteiger partial charge < -0.3 is 9.73 Å². The van der Waals surface area contributed by atoms with Crippen LogP contribution in [0.15, 0.2) is 16.5 Å². The highest BCUT2D eigenvalue weighted by molar-refractivity contribution is 5.08. The molecule has 0 aliphatic heterocycles. The lowest BCUT2D eigenvalue weighted by Crippen LogP contribution is -2.18. The number of hydrogen-bond acceptors (Lipinski definition) is 5. The molecule has 6 heteroatoms. The summed E-state index contributed by atoms with van der Waals surface area (Å²) in [4.78, 5) is 0. The van der Waals surface area contributed by atoms with E-state index in [1.807, 2.05) is 26.0 Å². The van der Waals surface area contributed by atoms with Crippen LogP contribution in [0.1, 0.15) is 30.3 Å². The van der Waals surface area contributed by atoms with Gasteiger partial charge in [-0.1, -0.05) is 5.21 Å². The summed E-state index contributed by atoms with van der Waals surface area (Å²) in [6, 6.07) is 4.04. The quantitative estimate of drug-likeness (QED) is 0.780. The van der Waals surface area contributed by atoms with Gasteiger partial charge in [-0.15, -0.1) is 10.2 Å². The predicted molar refractivity (Wildman–Crippen MR) is 52.9 cm³/mol. The molecule has 1 atom stereocenters. The maximum atomic E-state index is 5.49. The van der Waals surface area contributed by atoms with Gasteiger partial charge >= 0.3 is 0 Å². The van der Waals surface area contributed by atoms with Crippen LogP contribution in [0.5, 0.6) is 0 Å². The summed E-state index contributed by atoms with van der Waals surface area (Å²) in [5, 5.41) is 16.8. The van der Waals surface area contributed by atoms with Gasteiger partial charge in [0.15, 0.2) is 5.82 Å². The molecule has 0 saturated carbocycles. The number of aromatic nitrogens is 4. The number of hydrogen-bond donors (Lipinski definition) is 2. The van der Waals surface area contributed by atoms with Crippen LogP contribution in [0.4, 0.5) is 0 Å². The molecule has 0 aliphatic rings. The molecule has 2 heterocycles. The van der Waals surface area contributed by atoms with Crippen molar-refractivity contribution >= 4 is 0 Å². The second-order valence-corrected chi connectivity index (χ2v) is 3.38. The van der Waals surface area contributed by atoms with Gasteiger partial charge in [-0.3, -0.25) is 0 Å². The highest BCUT2D eigenvalue weighted by Crippen LogP contribution is 2.15. The molecule has 15 heavy (non-hydrogen) atoms. The summed E-state index contributed by atoms with van der Waals surface area (Å²) in [6.45, 7) is 4.52. The minimum absolute atomic E-state index is 0.136. The molecule has 0 aliphatic carbocycles. The summed E-state index contributed by atoms with van der Waals surface area (Å²) in [5.41, 5.74) is 0. The maximum absolute atomic E-state index is 5.49. The average Bonchev–Trinajstić information content (AvgIpc) is 2.84. The van der Waals surface area contributed by atoms with Gasteiger partial charge in [-0.2, -0.15) is 5.21 Å². The van der Waals surface area contributed by atoms with E-state index in [-0.39, 0.29) is 6.04 Å². The summed E-state index contributed by atoms with van der Waals surface area (Å²) in [6.07, 6.45) is 0. The first-order valence-electron chi connectivity index (χ1n) is 4.78. The lowest BCUT2D eigenvalue weighted by Gasteiger charge is -2.08. The minimum Gasteiger partial charge on any atom is -0.465 e. The van der Waals surface area contributed by atoms with Gasteiger partial charge in [0, 0.05) is 0 Å². The third-order valence-corrected chi connectivity index (χ3v) is 2.14. The van der Waals surface area contributed by atoms with E-state index in [1.54, 1.807) is 0 Å². The standard InChI is InChI=1S/C9H13N5O/c1-6-3-4-8(15-6)7(2)10-5-9-11-13-14-12-9/h3-4,7,10H,5H2,1-2H3,(H,11,12,13,14). The van der Waals surface area contributed by atoms with E-state index in [9.17, 15) is 0 Å². The Bertz CT molecular complexity index is 408. The molecule has 0 amide bonds. The van der Waals surface area contributed by atoms with Crippen LogP contribution in [0, 0.1) is 6.92 Å². The topological polar surface area (TPSA) is 79.6 Å². The van der Waals surface area contributed by atoms with Crippen molar-refractivity contribution in [3.63, 3.8) is 0 Å². The van der Waals surface area contributed by atoms with E-state index >= 15 is 0 Å². The Balaban J connectivity index is 1.90. The van der Waals surface area contributed by atoms with Crippen molar-refractivity contribution in [1.29, 1.82) is 0 Å². The van der Waals surface area contributed by atoms with Crippen LogP contribution in [0.2, 0.25) is 0 Å². The summed E-state index contributed by atoms with van der Waals surface area (Å²) < 4.78 is 5.49. The Morgan fingerprint density at radius 1 is 1.53 bits per heavy atom. The molecule has 0 aromatic carbocycles. The molecule has 2 aromatic heterocycles. The van der Waals surface area contributed by atoms with E-state index in [2.05, 4.69) is 25.9 Å². The number of furan rings is 1. The molecule has 2 aromatic rings. The van der Waals surface area contributed by atoms with Crippen molar-refractivity contribution in [2.75, 3.05) is 0 Å². The fourth-order valence-corrected chi connectivity index (χ4v) is 1.29. The zero-order valence-corrected chi connectivity index (χ0v) is 8.69. The molecular formula is C9H13N5O. The number of tetrazole rings is 1. The van der Waals surface area contributed by atoms with E-state index in [1.165, 1.54) is 0 Å². The number of aryl methyl sites for hydroxylation is 1. The normalized spacial score (nSPS) is 12.9. The van der Waals surface area contributed by atoms with Crippen LogP contribution in [0.25, 0.3) is 0 Å². The van der Waals surface area contributed by atoms with Gasteiger partial charge in [-0.05, 0) is 26.0 Å². The first kappa shape index (κ1) is 9.85. The van der Waals surface area contributed by atoms with E-state index < -0.39 is 0 Å². The molecule has 2 N–H and O–H groups in total. The number of nitrogens with one attached hydrogen (secondary N) is 2. The Morgan fingerprint density at radius 3 is 3.00 bits per heavy atom. The molecule has 0 radical (unpaired) electrons. The predicted octanol–water partition coefficient (Wildman–Crippen LogP) is 0.952. The zero-order valence-electron chi connectivity index (χ0n) is 8.69. The highest BCUT2D eigenvalue weighted by Gasteiger charge is 2.09. The van der Waals surface area contributed by atoms with Gasteiger partial charge in [0.2, 0.25) is 0 Å². The smallest absolute Gasteiger partial charge is 0.188 e. The summed E-state index contributed by atoms with van der Waals surface area (Å²) in [7, 11) is 0. The second kappa shape index (κ2) is 4.22. The molecule has 0 bridgehead atoms. The van der Waals surface area contributed by atoms with Crippen LogP contribution >= 0.6 is 0 Å². The van der Waals surface area contributed by atoms with Crippen molar-refractivity contribution in [2.45, 2.75) is 26.4 Å². The van der Waals surface area contributed by atoms with E-state index in [4.69, 9.17) is 4.42 Å². The van der Waals surface area contributed by atoms with Crippen molar-refractivity contribution in [3.8, 4) is 0 Å². The molecule has 80 valence electrons. The van der Waals surface area contributed by atoms with Crippen molar-refractivity contribution in [2.24, 2.45) is 0 Å². The fourth-order valence-electron chi connectivity index (χ4n) is 1.29. The molecular weight excluding hydrogens is 194 g/mol. The largest absolute Gasteiger partial charge is 0.465 e. The molecule has 0 spiro atoms. The summed E-state index contributed by atoms with van der Waals surface area (Å²) >= 11 is 0. The highest BCUT2D eigenvalue weighted by atomic mass is 16.3. The third-order valence-electron chi connectivity index (χ3n) is 2.14. The zero-order chi connectivity index (χ0) is 10.7. The van der Waals surface area contributed by atoms with E-state index in [0.29, 0.717) is 12.4 Å². The molecule has 1 unspecified atom stereocenters. The van der Waals surface area contributed by atoms with Crippen molar-refractivity contribution in [3.05, 3.63) is 29.5 Å². The van der Waals surface area contributed by atoms with Gasteiger partial charge in [-0.25, -0.2) is 0 Å². The number of aromatic amines is 1. The minimum atomic E-state index is 0.136. The van der Waals surface area contributed by atoms with Crippen LogP contribution in [-0.4, -0.2) is 20.6 Å². The Hall–Kier alpha value is -1.69. The number of nitrogens with zero attached hydrogens (tertiary/aromatic N) is 3. The molecule has 6 nitrogen and oxygen atoms in total. The molecule has 2 rings (SSSR count). The third kappa shape index (κ3) is 2.41. The SMILES string of the molecule is Cc1ccc(C(C)NCc2nn[nH]n2)o1. The van der Waals surface area contributed by atoms with Gasteiger partial charge in [0.05, 0.1) is 12.6 Å². The Kier molecular flexibility index (Phi) is 2.77. The first-order valence-corrected chi connectivity index (χ1v) is 4.78. The monoisotopic (exact) mass is 207 g/mol. The number of rotatable bonds is 4. The summed E-state index contributed by atoms with van der Waals surface area (Å²) in [5.74, 6) is 2.47. The van der Waals surface area contributed by atoms with E-state index in [0.717, 1.165) is 11.5 Å². The van der Waals surface area contributed by atoms with Crippen LogP contribution in [0.3, 0.4) is 0 Å². The Labute approximate surface area is 87.1 Å². The molecule has 0 saturated heterocycles. The van der Waals surface area contributed by atoms with Crippen LogP contribution < -0.4 is 5.32 Å². The van der Waals surface area contributed by atoms with Gasteiger partial charge in [0.25, 0.3) is 0 Å². The fraction of sp³-hybridized carbons (Fsp3) is 0.444. The number of H-pyrrole nitrogens is 1. The van der Waals surface area contributed by atoms with Crippen LogP contribution in [-0.2, 0) is 6.54 Å². The Morgan fingerprint density at radius 2 is 2.40 bits per heavy atom. The first-order chi connectivity index (χ1) is 7.25. The average molecular weight is 207 g/mol.